The van der Waals surface area contributed by atoms with Crippen LogP contribution in [0.5, 0.6) is 23.0 Å². The number of carbonyl (C=O) groups is 2. The maximum atomic E-state index is 11.6. The number of aromatic hydroxyl groups is 2. The first-order valence-electron chi connectivity index (χ1n) is 16.8. The topological polar surface area (TPSA) is 191 Å². The number of carbonyl (C=O) groups excluding carboxylic acids is 2. The van der Waals surface area contributed by atoms with Gasteiger partial charge in [0.1, 0.15) is 61.6 Å². The van der Waals surface area contributed by atoms with Crippen molar-refractivity contribution < 1.29 is 49.0 Å². The molecule has 4 aromatic rings. The molecule has 4 rings (SSSR count). The number of rotatable bonds is 17. The van der Waals surface area contributed by atoms with Crippen LogP contribution in [0.25, 0.3) is 34.2 Å². The second-order valence-corrected chi connectivity index (χ2v) is 12.2. The molecule has 0 bridgehead atoms. The predicted molar refractivity (Wildman–Crippen MR) is 188 cm³/mol. The molecular formula is C38H45N3O10. The minimum absolute atomic E-state index is 0.127. The Labute approximate surface area is 296 Å². The molecule has 0 aliphatic carbocycles. The van der Waals surface area contributed by atoms with E-state index >= 15 is 0 Å². The highest BCUT2D eigenvalue weighted by Crippen LogP contribution is 2.36. The first-order chi connectivity index (χ1) is 24.4. The number of ether oxygens (including phenoxy) is 4. The summed E-state index contributed by atoms with van der Waals surface area (Å²) in [5.41, 5.74) is 4.21. The number of aliphatic hydroxyl groups excluding tert-OH is 2. The van der Waals surface area contributed by atoms with E-state index in [0.29, 0.717) is 18.7 Å². The van der Waals surface area contributed by atoms with Gasteiger partial charge in [0, 0.05) is 30.5 Å². The van der Waals surface area contributed by atoms with Gasteiger partial charge in [0.05, 0.1) is 11.1 Å². The van der Waals surface area contributed by atoms with Crippen molar-refractivity contribution in [1.29, 1.82) is 0 Å². The SMILES string of the molecule is CCCC(=O)OCC(O)COc1ccc(-c2nc(-c3ccc(OCC(O)COC(=O)CCC)cc3O)nc(-c3c(C)cc(C)cc3C)n2)c(O)c1. The van der Waals surface area contributed by atoms with Gasteiger partial charge in [0.2, 0.25) is 0 Å². The molecule has 0 amide bonds. The Kier molecular flexibility index (Phi) is 13.7. The summed E-state index contributed by atoms with van der Waals surface area (Å²) in [7, 11) is 0. The predicted octanol–water partition coefficient (Wildman–Crippen LogP) is 5.38. The maximum Gasteiger partial charge on any atom is 0.305 e. The maximum absolute atomic E-state index is 11.6. The highest BCUT2D eigenvalue weighted by Gasteiger charge is 2.20. The van der Waals surface area contributed by atoms with Gasteiger partial charge in [-0.05, 0) is 69.0 Å². The molecule has 2 unspecified atom stereocenters. The third-order valence-electron chi connectivity index (χ3n) is 7.62. The molecule has 1 heterocycles. The van der Waals surface area contributed by atoms with E-state index in [1.54, 1.807) is 24.3 Å². The number of esters is 2. The Balaban J connectivity index is 1.61. The van der Waals surface area contributed by atoms with E-state index in [9.17, 15) is 30.0 Å². The summed E-state index contributed by atoms with van der Waals surface area (Å²) in [6.07, 6.45) is -0.324. The lowest BCUT2D eigenvalue weighted by atomic mass is 9.99. The van der Waals surface area contributed by atoms with Crippen LogP contribution in [0.4, 0.5) is 0 Å². The summed E-state index contributed by atoms with van der Waals surface area (Å²) in [4.78, 5) is 37.3. The zero-order chi connectivity index (χ0) is 37.1. The van der Waals surface area contributed by atoms with Gasteiger partial charge in [0.15, 0.2) is 17.5 Å². The quantitative estimate of drug-likeness (QED) is 0.103. The number of benzene rings is 3. The Hall–Kier alpha value is -5.27. The van der Waals surface area contributed by atoms with E-state index in [1.165, 1.54) is 12.1 Å². The molecule has 2 atom stereocenters. The van der Waals surface area contributed by atoms with Gasteiger partial charge in [-0.2, -0.15) is 0 Å². The van der Waals surface area contributed by atoms with Crippen molar-refractivity contribution in [1.82, 2.24) is 15.0 Å². The first kappa shape index (κ1) is 38.5. The van der Waals surface area contributed by atoms with Crippen LogP contribution in [0.3, 0.4) is 0 Å². The molecule has 0 spiro atoms. The molecule has 0 aliphatic rings. The van der Waals surface area contributed by atoms with Gasteiger partial charge in [-0.15, -0.1) is 0 Å². The van der Waals surface area contributed by atoms with E-state index in [4.69, 9.17) is 28.9 Å². The van der Waals surface area contributed by atoms with Crippen LogP contribution >= 0.6 is 0 Å². The normalized spacial score (nSPS) is 12.2. The lowest BCUT2D eigenvalue weighted by Crippen LogP contribution is -2.25. The van der Waals surface area contributed by atoms with Crippen LogP contribution in [0.2, 0.25) is 0 Å². The van der Waals surface area contributed by atoms with Crippen molar-refractivity contribution in [2.75, 3.05) is 26.4 Å². The van der Waals surface area contributed by atoms with E-state index < -0.39 is 24.1 Å². The van der Waals surface area contributed by atoms with Crippen LogP contribution in [0.15, 0.2) is 48.5 Å². The zero-order valence-corrected chi connectivity index (χ0v) is 29.5. The van der Waals surface area contributed by atoms with E-state index in [-0.39, 0.29) is 85.0 Å². The summed E-state index contributed by atoms with van der Waals surface area (Å²) in [5.74, 6) is -0.120. The van der Waals surface area contributed by atoms with Gasteiger partial charge in [-0.3, -0.25) is 9.59 Å². The van der Waals surface area contributed by atoms with Crippen molar-refractivity contribution in [2.24, 2.45) is 0 Å². The Bertz CT molecular complexity index is 1710. The molecule has 13 heteroatoms. The monoisotopic (exact) mass is 703 g/mol. The fourth-order valence-corrected chi connectivity index (χ4v) is 5.25. The van der Waals surface area contributed by atoms with Crippen molar-refractivity contribution in [3.05, 3.63) is 65.2 Å². The summed E-state index contributed by atoms with van der Waals surface area (Å²) in [5, 5.41) is 42.5. The molecule has 51 heavy (non-hydrogen) atoms. The molecule has 272 valence electrons. The largest absolute Gasteiger partial charge is 0.507 e. The summed E-state index contributed by atoms with van der Waals surface area (Å²) in [6.45, 7) is 8.83. The highest BCUT2D eigenvalue weighted by molar-refractivity contribution is 5.75. The highest BCUT2D eigenvalue weighted by atomic mass is 16.6. The third-order valence-corrected chi connectivity index (χ3v) is 7.62. The van der Waals surface area contributed by atoms with Crippen molar-refractivity contribution >= 4 is 11.9 Å². The smallest absolute Gasteiger partial charge is 0.305 e. The molecule has 4 N–H and O–H groups in total. The molecule has 0 saturated heterocycles. The molecule has 1 aromatic heterocycles. The molecule has 13 nitrogen and oxygen atoms in total. The number of phenols is 2. The number of aromatic nitrogens is 3. The van der Waals surface area contributed by atoms with Gasteiger partial charge in [-0.1, -0.05) is 31.5 Å². The fraction of sp³-hybridized carbons (Fsp3) is 0.395. The van der Waals surface area contributed by atoms with Gasteiger partial charge in [-0.25, -0.2) is 15.0 Å². The minimum Gasteiger partial charge on any atom is -0.507 e. The van der Waals surface area contributed by atoms with Crippen molar-refractivity contribution in [2.45, 2.75) is 72.5 Å². The molecule has 0 saturated carbocycles. The number of phenolic OH excluding ortho intramolecular Hbond substituents is 2. The van der Waals surface area contributed by atoms with E-state index in [1.807, 2.05) is 46.8 Å². The van der Waals surface area contributed by atoms with Crippen LogP contribution in [0.1, 0.15) is 56.2 Å². The lowest BCUT2D eigenvalue weighted by Gasteiger charge is -2.15. The molecule has 0 radical (unpaired) electrons. The number of nitrogens with zero attached hydrogens (tertiary/aromatic N) is 3. The summed E-state index contributed by atoms with van der Waals surface area (Å²) < 4.78 is 21.3. The van der Waals surface area contributed by atoms with Crippen LogP contribution < -0.4 is 9.47 Å². The Morgan fingerprint density at radius 3 is 1.43 bits per heavy atom. The van der Waals surface area contributed by atoms with Gasteiger partial charge < -0.3 is 39.4 Å². The number of aryl methyl sites for hydroxylation is 3. The summed E-state index contributed by atoms with van der Waals surface area (Å²) >= 11 is 0. The zero-order valence-electron chi connectivity index (χ0n) is 29.5. The minimum atomic E-state index is -1.06. The standard InChI is InChI=1S/C38H45N3O10/c1-6-8-33(46)50-20-25(42)18-48-27-10-12-29(31(44)16-27)36-39-37(41-38(40-36)35-23(4)14-22(3)15-24(35)5)30-13-11-28(17-32(30)45)49-19-26(43)21-51-34(47)9-7-2/h10-17,25-26,42-45H,6-9,18-21H2,1-5H3. The van der Waals surface area contributed by atoms with Crippen molar-refractivity contribution in [3.63, 3.8) is 0 Å². The van der Waals surface area contributed by atoms with Crippen LogP contribution in [-0.4, -0.2) is 86.0 Å². The van der Waals surface area contributed by atoms with Crippen LogP contribution in [-0.2, 0) is 19.1 Å². The van der Waals surface area contributed by atoms with E-state index in [2.05, 4.69) is 4.98 Å². The fourth-order valence-electron chi connectivity index (χ4n) is 5.25. The molecule has 3 aromatic carbocycles. The second kappa shape index (κ2) is 18.1. The lowest BCUT2D eigenvalue weighted by molar-refractivity contribution is -0.148. The molecule has 0 fully saturated rings. The Morgan fingerprint density at radius 1 is 0.627 bits per heavy atom. The first-order valence-corrected chi connectivity index (χ1v) is 16.8. The molecular weight excluding hydrogens is 658 g/mol. The third kappa shape index (κ3) is 10.9. The average Bonchev–Trinajstić information content (AvgIpc) is 3.07. The Morgan fingerprint density at radius 2 is 1.04 bits per heavy atom. The average molecular weight is 704 g/mol. The van der Waals surface area contributed by atoms with Crippen molar-refractivity contribution in [3.8, 4) is 57.2 Å². The van der Waals surface area contributed by atoms with Gasteiger partial charge >= 0.3 is 11.9 Å². The number of aliphatic hydroxyl groups is 2. The molecule has 0 aliphatic heterocycles. The summed E-state index contributed by atoms with van der Waals surface area (Å²) in [6, 6.07) is 13.0. The number of hydrogen-bond acceptors (Lipinski definition) is 13. The second-order valence-electron chi connectivity index (χ2n) is 12.2. The van der Waals surface area contributed by atoms with E-state index in [0.717, 1.165) is 22.3 Å². The van der Waals surface area contributed by atoms with Gasteiger partial charge in [0.25, 0.3) is 0 Å². The number of hydrogen-bond donors (Lipinski definition) is 4. The van der Waals surface area contributed by atoms with Crippen LogP contribution in [0, 0.1) is 20.8 Å².